The lowest BCUT2D eigenvalue weighted by molar-refractivity contribution is 0.104. The van der Waals surface area contributed by atoms with E-state index in [1.165, 1.54) is 6.20 Å². The van der Waals surface area contributed by atoms with E-state index in [-0.39, 0.29) is 11.0 Å². The van der Waals surface area contributed by atoms with Crippen molar-refractivity contribution in [1.29, 1.82) is 0 Å². The lowest BCUT2D eigenvalue weighted by Crippen LogP contribution is -2.29. The smallest absolute Gasteiger partial charge is 0.235 e. The van der Waals surface area contributed by atoms with Crippen molar-refractivity contribution >= 4 is 44.1 Å². The van der Waals surface area contributed by atoms with Crippen LogP contribution in [0.15, 0.2) is 42.7 Å². The molecule has 4 rings (SSSR count). The summed E-state index contributed by atoms with van der Waals surface area (Å²) in [5.74, 6) is -0.228. The number of rotatable bonds is 5. The number of benzene rings is 1. The first-order valence-electron chi connectivity index (χ1n) is 9.23. The zero-order valence-corrected chi connectivity index (χ0v) is 16.7. The third-order valence-corrected chi connectivity index (χ3v) is 7.19. The van der Waals surface area contributed by atoms with Crippen molar-refractivity contribution in [3.05, 3.63) is 58.9 Å². The summed E-state index contributed by atoms with van der Waals surface area (Å²) in [5, 5.41) is 0.697. The lowest BCUT2D eigenvalue weighted by Gasteiger charge is -2.22. The molecule has 0 amide bonds. The molecule has 1 fully saturated rings. The van der Waals surface area contributed by atoms with Gasteiger partial charge in [-0.15, -0.1) is 0 Å². The van der Waals surface area contributed by atoms with Crippen molar-refractivity contribution in [1.82, 2.24) is 9.97 Å². The molecule has 1 aromatic carbocycles. The van der Waals surface area contributed by atoms with E-state index >= 15 is 0 Å². The average molecular weight is 418 g/mol. The Morgan fingerprint density at radius 3 is 2.75 bits per heavy atom. The summed E-state index contributed by atoms with van der Waals surface area (Å²) in [4.78, 5) is 20.1. The highest BCUT2D eigenvalue weighted by Crippen LogP contribution is 2.27. The normalized spacial score (nSPS) is 15.6. The standard InChI is InChI=1S/C20H20ClN3O3S/c21-14-10-17-18(12-23-20(17)22-11-14)19(25)13-5-4-6-15(9-13)24-28(26,27)16-7-2-1-3-8-16/h4-6,9-12,16,24H,1-3,7-8H2,(H,22,23). The predicted molar refractivity (Wildman–Crippen MR) is 110 cm³/mol. The molecule has 0 bridgehead atoms. The number of halogens is 1. The number of carbonyl (C=O) groups is 1. The molecule has 0 aliphatic heterocycles. The van der Waals surface area contributed by atoms with Crippen LogP contribution >= 0.6 is 11.6 Å². The lowest BCUT2D eigenvalue weighted by atomic mass is 10.0. The summed E-state index contributed by atoms with van der Waals surface area (Å²) in [7, 11) is -3.47. The van der Waals surface area contributed by atoms with Gasteiger partial charge in [-0.3, -0.25) is 9.52 Å². The van der Waals surface area contributed by atoms with Gasteiger partial charge < -0.3 is 4.98 Å². The summed E-state index contributed by atoms with van der Waals surface area (Å²) in [6.45, 7) is 0. The van der Waals surface area contributed by atoms with Gasteiger partial charge in [-0.25, -0.2) is 13.4 Å². The fourth-order valence-electron chi connectivity index (χ4n) is 3.67. The van der Waals surface area contributed by atoms with Gasteiger partial charge in [0.15, 0.2) is 5.78 Å². The number of fused-ring (bicyclic) bond motifs is 1. The van der Waals surface area contributed by atoms with Crippen molar-refractivity contribution < 1.29 is 13.2 Å². The zero-order valence-electron chi connectivity index (χ0n) is 15.1. The molecule has 3 aromatic rings. The summed E-state index contributed by atoms with van der Waals surface area (Å²) in [6, 6.07) is 8.25. The maximum Gasteiger partial charge on any atom is 0.235 e. The van der Waals surface area contributed by atoms with Crippen LogP contribution in [0.25, 0.3) is 11.0 Å². The second-order valence-corrected chi connectivity index (χ2v) is 9.47. The highest BCUT2D eigenvalue weighted by atomic mass is 35.5. The van der Waals surface area contributed by atoms with Crippen LogP contribution in [0.5, 0.6) is 0 Å². The van der Waals surface area contributed by atoms with Gasteiger partial charge in [-0.1, -0.05) is 43.0 Å². The number of carbonyl (C=O) groups excluding carboxylic acids is 1. The number of aromatic amines is 1. The highest BCUT2D eigenvalue weighted by Gasteiger charge is 2.27. The van der Waals surface area contributed by atoms with E-state index < -0.39 is 10.0 Å². The van der Waals surface area contributed by atoms with Crippen LogP contribution in [-0.2, 0) is 10.0 Å². The molecular formula is C20H20ClN3O3S. The van der Waals surface area contributed by atoms with Gasteiger partial charge in [-0.2, -0.15) is 0 Å². The van der Waals surface area contributed by atoms with Crippen LogP contribution in [0.1, 0.15) is 48.0 Å². The van der Waals surface area contributed by atoms with Crippen LogP contribution in [0.2, 0.25) is 5.02 Å². The van der Waals surface area contributed by atoms with Crippen molar-refractivity contribution in [2.24, 2.45) is 0 Å². The number of pyridine rings is 1. The van der Waals surface area contributed by atoms with Gasteiger partial charge in [0.1, 0.15) is 5.65 Å². The van der Waals surface area contributed by atoms with E-state index in [1.54, 1.807) is 36.5 Å². The molecule has 2 heterocycles. The van der Waals surface area contributed by atoms with Gasteiger partial charge in [0.05, 0.1) is 10.3 Å². The third-order valence-electron chi connectivity index (χ3n) is 5.12. The number of hydrogen-bond acceptors (Lipinski definition) is 4. The maximum atomic E-state index is 13.0. The Kier molecular flexibility index (Phi) is 5.12. The largest absolute Gasteiger partial charge is 0.345 e. The topological polar surface area (TPSA) is 91.9 Å². The van der Waals surface area contributed by atoms with Crippen molar-refractivity contribution in [2.45, 2.75) is 37.4 Å². The summed E-state index contributed by atoms with van der Waals surface area (Å²) in [6.07, 6.45) is 7.40. The average Bonchev–Trinajstić information content (AvgIpc) is 3.11. The molecule has 0 saturated heterocycles. The molecule has 0 unspecified atom stereocenters. The van der Waals surface area contributed by atoms with Crippen molar-refractivity contribution in [3.63, 3.8) is 0 Å². The predicted octanol–water partition coefficient (Wildman–Crippen LogP) is 4.52. The first-order valence-corrected chi connectivity index (χ1v) is 11.2. The monoisotopic (exact) mass is 417 g/mol. The minimum absolute atomic E-state index is 0.228. The Morgan fingerprint density at radius 1 is 1.18 bits per heavy atom. The first-order chi connectivity index (χ1) is 13.4. The van der Waals surface area contributed by atoms with Gasteiger partial charge in [0, 0.05) is 34.6 Å². The zero-order chi connectivity index (χ0) is 19.7. The van der Waals surface area contributed by atoms with Crippen LogP contribution in [0.3, 0.4) is 0 Å². The minimum Gasteiger partial charge on any atom is -0.345 e. The van der Waals surface area contributed by atoms with E-state index in [9.17, 15) is 13.2 Å². The molecule has 2 N–H and O–H groups in total. The fraction of sp³-hybridized carbons (Fsp3) is 0.300. The molecule has 8 heteroatoms. The first kappa shape index (κ1) is 19.0. The Balaban J connectivity index is 1.61. The van der Waals surface area contributed by atoms with E-state index in [2.05, 4.69) is 14.7 Å². The highest BCUT2D eigenvalue weighted by molar-refractivity contribution is 7.93. The van der Waals surface area contributed by atoms with Crippen LogP contribution in [0.4, 0.5) is 5.69 Å². The number of nitrogens with one attached hydrogen (secondary N) is 2. The molecule has 0 radical (unpaired) electrons. The number of ketones is 1. The van der Waals surface area contributed by atoms with Crippen molar-refractivity contribution in [2.75, 3.05) is 4.72 Å². The Morgan fingerprint density at radius 2 is 1.96 bits per heavy atom. The number of H-pyrrole nitrogens is 1. The number of anilines is 1. The molecule has 2 aromatic heterocycles. The van der Waals surface area contributed by atoms with Crippen LogP contribution in [0, 0.1) is 0 Å². The van der Waals surface area contributed by atoms with E-state index in [1.807, 2.05) is 0 Å². The molecule has 1 saturated carbocycles. The number of nitrogens with zero attached hydrogens (tertiary/aromatic N) is 1. The SMILES string of the molecule is O=C(c1cccc(NS(=O)(=O)C2CCCCC2)c1)c1c[nH]c2ncc(Cl)cc12. The van der Waals surface area contributed by atoms with E-state index in [0.29, 0.717) is 45.7 Å². The van der Waals surface area contributed by atoms with Crippen LogP contribution < -0.4 is 4.72 Å². The van der Waals surface area contributed by atoms with Crippen molar-refractivity contribution in [3.8, 4) is 0 Å². The summed E-state index contributed by atoms with van der Waals surface area (Å²) >= 11 is 6.01. The third kappa shape index (κ3) is 3.77. The number of aromatic nitrogens is 2. The van der Waals surface area contributed by atoms with Gasteiger partial charge in [0.25, 0.3) is 0 Å². The molecule has 1 aliphatic rings. The maximum absolute atomic E-state index is 13.0. The van der Waals surface area contributed by atoms with Gasteiger partial charge >= 0.3 is 0 Å². The fourth-order valence-corrected chi connectivity index (χ4v) is 5.40. The quantitative estimate of drug-likeness (QED) is 0.597. The molecular weight excluding hydrogens is 398 g/mol. The van der Waals surface area contributed by atoms with E-state index in [0.717, 1.165) is 19.3 Å². The molecule has 0 atom stereocenters. The minimum atomic E-state index is -3.47. The molecule has 6 nitrogen and oxygen atoms in total. The second-order valence-electron chi connectivity index (χ2n) is 7.07. The summed E-state index contributed by atoms with van der Waals surface area (Å²) < 4.78 is 28.0. The summed E-state index contributed by atoms with van der Waals surface area (Å²) in [5.41, 5.74) is 1.80. The van der Waals surface area contributed by atoms with Crippen LogP contribution in [-0.4, -0.2) is 29.4 Å². The van der Waals surface area contributed by atoms with Gasteiger partial charge in [0.2, 0.25) is 10.0 Å². The van der Waals surface area contributed by atoms with Gasteiger partial charge in [-0.05, 0) is 31.0 Å². The Bertz CT molecular complexity index is 1130. The molecule has 146 valence electrons. The number of hydrogen-bond donors (Lipinski definition) is 2. The number of sulfonamides is 1. The Hall–Kier alpha value is -2.38. The Labute approximate surface area is 168 Å². The second kappa shape index (κ2) is 7.56. The van der Waals surface area contributed by atoms with E-state index in [4.69, 9.17) is 11.6 Å². The molecule has 28 heavy (non-hydrogen) atoms. The molecule has 1 aliphatic carbocycles. The molecule has 0 spiro atoms.